The number of fused-ring (bicyclic) bond motifs is 8. The summed E-state index contributed by atoms with van der Waals surface area (Å²) in [4.78, 5) is 7.42. The SMILES string of the molecule is c1ccc(-c2nc3c(cc(-c4ccc(N(c5ccccc5)c5cccc6c5sc5ccccc56)cc4)c4sc5ccccc5c43)o2)cc1. The van der Waals surface area contributed by atoms with E-state index in [0.717, 1.165) is 44.6 Å². The third-order valence-electron chi connectivity index (χ3n) is 9.10. The average molecular weight is 651 g/mol. The molecule has 0 fully saturated rings. The maximum Gasteiger partial charge on any atom is 0.227 e. The minimum atomic E-state index is 0.642. The molecule has 0 N–H and O–H groups in total. The van der Waals surface area contributed by atoms with Crippen molar-refractivity contribution in [3.63, 3.8) is 0 Å². The number of nitrogens with zero attached hydrogens (tertiary/aromatic N) is 2. The number of benzene rings is 7. The van der Waals surface area contributed by atoms with Gasteiger partial charge in [-0.1, -0.05) is 97.1 Å². The van der Waals surface area contributed by atoms with Crippen LogP contribution in [0.4, 0.5) is 17.1 Å². The van der Waals surface area contributed by atoms with E-state index < -0.39 is 0 Å². The van der Waals surface area contributed by atoms with Crippen LogP contribution in [0.25, 0.3) is 74.0 Å². The van der Waals surface area contributed by atoms with E-state index >= 15 is 0 Å². The summed E-state index contributed by atoms with van der Waals surface area (Å²) in [5, 5.41) is 4.95. The van der Waals surface area contributed by atoms with Crippen LogP contribution in [0.15, 0.2) is 162 Å². The second-order valence-electron chi connectivity index (χ2n) is 11.9. The van der Waals surface area contributed by atoms with Crippen molar-refractivity contribution in [1.29, 1.82) is 0 Å². The van der Waals surface area contributed by atoms with Crippen molar-refractivity contribution >= 4 is 91.2 Å². The molecule has 0 saturated heterocycles. The molecule has 0 amide bonds. The first-order chi connectivity index (χ1) is 23.8. The van der Waals surface area contributed by atoms with Crippen LogP contribution in [-0.2, 0) is 0 Å². The number of aromatic nitrogens is 1. The molecule has 0 saturated carbocycles. The van der Waals surface area contributed by atoms with Gasteiger partial charge in [-0.05, 0) is 66.2 Å². The highest BCUT2D eigenvalue weighted by molar-refractivity contribution is 7.27. The van der Waals surface area contributed by atoms with Crippen LogP contribution in [0.1, 0.15) is 0 Å². The summed E-state index contributed by atoms with van der Waals surface area (Å²) in [5.74, 6) is 0.642. The van der Waals surface area contributed by atoms with Gasteiger partial charge in [0.05, 0.1) is 10.4 Å². The van der Waals surface area contributed by atoms with Crippen LogP contribution in [0.3, 0.4) is 0 Å². The van der Waals surface area contributed by atoms with E-state index in [1.54, 1.807) is 0 Å². The zero-order chi connectivity index (χ0) is 31.6. The molecular formula is C43H26N2OS2. The van der Waals surface area contributed by atoms with Crippen molar-refractivity contribution in [3.05, 3.63) is 158 Å². The lowest BCUT2D eigenvalue weighted by Crippen LogP contribution is -2.09. The first-order valence-electron chi connectivity index (χ1n) is 16.0. The first-order valence-corrected chi connectivity index (χ1v) is 17.6. The molecule has 10 aromatic rings. The van der Waals surface area contributed by atoms with Gasteiger partial charge in [-0.2, -0.15) is 0 Å². The van der Waals surface area contributed by atoms with Crippen molar-refractivity contribution in [2.75, 3.05) is 4.90 Å². The van der Waals surface area contributed by atoms with Crippen LogP contribution in [0.5, 0.6) is 0 Å². The van der Waals surface area contributed by atoms with Gasteiger partial charge in [0.1, 0.15) is 5.52 Å². The Morgan fingerprint density at radius 3 is 1.92 bits per heavy atom. The van der Waals surface area contributed by atoms with Gasteiger partial charge in [-0.25, -0.2) is 4.98 Å². The van der Waals surface area contributed by atoms with Gasteiger partial charge >= 0.3 is 0 Å². The lowest BCUT2D eigenvalue weighted by Gasteiger charge is -2.26. The molecule has 0 aliphatic heterocycles. The molecule has 0 spiro atoms. The monoisotopic (exact) mass is 650 g/mol. The van der Waals surface area contributed by atoms with Crippen molar-refractivity contribution in [3.8, 4) is 22.6 Å². The van der Waals surface area contributed by atoms with E-state index in [-0.39, 0.29) is 0 Å². The van der Waals surface area contributed by atoms with Gasteiger partial charge in [0, 0.05) is 58.1 Å². The third-order valence-corrected chi connectivity index (χ3v) is 11.5. The molecule has 3 heterocycles. The van der Waals surface area contributed by atoms with Gasteiger partial charge in [0.2, 0.25) is 5.89 Å². The minimum Gasteiger partial charge on any atom is -0.436 e. The highest BCUT2D eigenvalue weighted by atomic mass is 32.1. The zero-order valence-corrected chi connectivity index (χ0v) is 27.3. The molecule has 0 aliphatic rings. The topological polar surface area (TPSA) is 29.3 Å². The Labute approximate surface area is 284 Å². The lowest BCUT2D eigenvalue weighted by atomic mass is 10.0. The fourth-order valence-corrected chi connectivity index (χ4v) is 9.35. The Morgan fingerprint density at radius 2 is 1.12 bits per heavy atom. The molecule has 3 nitrogen and oxygen atoms in total. The van der Waals surface area contributed by atoms with Crippen molar-refractivity contribution in [2.45, 2.75) is 0 Å². The van der Waals surface area contributed by atoms with Crippen LogP contribution >= 0.6 is 22.7 Å². The Bertz CT molecular complexity index is 2780. The third kappa shape index (κ3) is 4.29. The number of oxazole rings is 1. The maximum absolute atomic E-state index is 6.47. The summed E-state index contributed by atoms with van der Waals surface area (Å²) in [7, 11) is 0. The summed E-state index contributed by atoms with van der Waals surface area (Å²) >= 11 is 3.67. The van der Waals surface area contributed by atoms with E-state index in [1.165, 1.54) is 40.6 Å². The Balaban J connectivity index is 1.16. The largest absolute Gasteiger partial charge is 0.436 e. The van der Waals surface area contributed by atoms with Gasteiger partial charge in [0.25, 0.3) is 0 Å². The molecule has 0 bridgehead atoms. The molecule has 0 atom stereocenters. The molecule has 226 valence electrons. The summed E-state index contributed by atoms with van der Waals surface area (Å²) in [5.41, 5.74) is 8.38. The van der Waals surface area contributed by atoms with Crippen molar-refractivity contribution < 1.29 is 4.42 Å². The van der Waals surface area contributed by atoms with E-state index in [9.17, 15) is 0 Å². The molecule has 10 rings (SSSR count). The highest BCUT2D eigenvalue weighted by Gasteiger charge is 2.21. The average Bonchev–Trinajstić information content (AvgIpc) is 3.86. The van der Waals surface area contributed by atoms with E-state index in [1.807, 2.05) is 53.0 Å². The maximum atomic E-state index is 6.47. The number of rotatable bonds is 5. The second kappa shape index (κ2) is 10.9. The van der Waals surface area contributed by atoms with Crippen LogP contribution in [0.2, 0.25) is 0 Å². The fraction of sp³-hybridized carbons (Fsp3) is 0. The molecule has 7 aromatic carbocycles. The second-order valence-corrected chi connectivity index (χ2v) is 14.0. The zero-order valence-electron chi connectivity index (χ0n) is 25.6. The molecular weight excluding hydrogens is 625 g/mol. The Kier molecular flexibility index (Phi) is 6.22. The van der Waals surface area contributed by atoms with Crippen LogP contribution in [0, 0.1) is 0 Å². The van der Waals surface area contributed by atoms with Gasteiger partial charge in [-0.3, -0.25) is 0 Å². The summed E-state index contributed by atoms with van der Waals surface area (Å²) in [6, 6.07) is 55.9. The molecule has 3 aromatic heterocycles. The minimum absolute atomic E-state index is 0.642. The molecule has 0 radical (unpaired) electrons. The Morgan fingerprint density at radius 1 is 0.500 bits per heavy atom. The number of para-hydroxylation sites is 1. The van der Waals surface area contributed by atoms with E-state index in [0.29, 0.717) is 5.89 Å². The molecule has 5 heteroatoms. The Hall–Kier alpha value is -5.75. The summed E-state index contributed by atoms with van der Waals surface area (Å²) < 4.78 is 11.5. The smallest absolute Gasteiger partial charge is 0.227 e. The van der Waals surface area contributed by atoms with Gasteiger partial charge < -0.3 is 9.32 Å². The first kappa shape index (κ1) is 27.4. The normalized spacial score (nSPS) is 11.8. The number of hydrogen-bond acceptors (Lipinski definition) is 5. The fourth-order valence-electron chi connectivity index (χ4n) is 6.90. The van der Waals surface area contributed by atoms with E-state index in [4.69, 9.17) is 9.40 Å². The predicted molar refractivity (Wildman–Crippen MR) is 205 cm³/mol. The molecule has 0 aliphatic carbocycles. The number of thiophene rings is 2. The van der Waals surface area contributed by atoms with Gasteiger partial charge in [0.15, 0.2) is 5.58 Å². The standard InChI is InChI=1S/C43H26N2OS2/c1-3-12-28(13-4-1)43-44-40-36(46-43)26-34(42-39(40)33-17-8-10-21-38(33)48-42)27-22-24-30(25-23-27)45(29-14-5-2-6-15-29)35-19-11-18-32-31-16-7-9-20-37(31)47-41(32)35/h1-26H. The number of anilines is 3. The van der Waals surface area contributed by atoms with E-state index in [2.05, 4.69) is 132 Å². The quantitative estimate of drug-likeness (QED) is 0.186. The van der Waals surface area contributed by atoms with Crippen molar-refractivity contribution in [2.24, 2.45) is 0 Å². The summed E-state index contributed by atoms with van der Waals surface area (Å²) in [6.45, 7) is 0. The van der Waals surface area contributed by atoms with Crippen molar-refractivity contribution in [1.82, 2.24) is 4.98 Å². The van der Waals surface area contributed by atoms with Crippen LogP contribution in [-0.4, -0.2) is 4.98 Å². The predicted octanol–water partition coefficient (Wildman–Crippen LogP) is 13.4. The molecule has 48 heavy (non-hydrogen) atoms. The number of hydrogen-bond donors (Lipinski definition) is 0. The lowest BCUT2D eigenvalue weighted by molar-refractivity contribution is 0.620. The van der Waals surface area contributed by atoms with Crippen LogP contribution < -0.4 is 4.90 Å². The highest BCUT2D eigenvalue weighted by Crippen LogP contribution is 2.47. The summed E-state index contributed by atoms with van der Waals surface area (Å²) in [6.07, 6.45) is 0. The van der Waals surface area contributed by atoms with Gasteiger partial charge in [-0.15, -0.1) is 22.7 Å². The molecule has 0 unspecified atom stereocenters.